The van der Waals surface area contributed by atoms with Gasteiger partial charge >= 0.3 is 0 Å². The second-order valence-electron chi connectivity index (χ2n) is 6.28. The average Bonchev–Trinajstić information content (AvgIpc) is 3.06. The molecule has 2 aromatic carbocycles. The van der Waals surface area contributed by atoms with Crippen LogP contribution >= 0.6 is 0 Å². The topological polar surface area (TPSA) is 35.5 Å². The van der Waals surface area contributed by atoms with Gasteiger partial charge in [-0.1, -0.05) is 53.7 Å². The number of rotatable bonds is 4. The molecule has 1 atom stereocenters. The Bertz CT molecular complexity index is 650. The van der Waals surface area contributed by atoms with Gasteiger partial charge in [-0.25, -0.2) is 5.06 Å². The minimum absolute atomic E-state index is 0.0143. The van der Waals surface area contributed by atoms with E-state index in [1.807, 2.05) is 62.4 Å². The molecule has 3 heteroatoms. The van der Waals surface area contributed by atoms with E-state index in [1.165, 1.54) is 0 Å². The summed E-state index contributed by atoms with van der Waals surface area (Å²) < 4.78 is 0. The van der Waals surface area contributed by atoms with Gasteiger partial charge in [-0.15, -0.1) is 0 Å². The summed E-state index contributed by atoms with van der Waals surface area (Å²) in [5, 5.41) is 13.9. The van der Waals surface area contributed by atoms with E-state index in [-0.39, 0.29) is 6.04 Å². The molecule has 22 heavy (non-hydrogen) atoms. The summed E-state index contributed by atoms with van der Waals surface area (Å²) in [4.78, 5) is 4.85. The second kappa shape index (κ2) is 5.93. The number of hydrogen-bond donors (Lipinski definition) is 0. The van der Waals surface area contributed by atoms with Crippen LogP contribution in [0.2, 0.25) is 0 Å². The number of aliphatic imine (C=N–C) groups is 1. The standard InChI is InChI=1S/C19H21N2O/c1-19(2,21(22)16-11-7-4-8-12-16)18-14-13-17(20-18)15-9-5-3-6-10-15/h3-12,18H,13-14H2,1-2H3. The first-order valence-electron chi connectivity index (χ1n) is 7.73. The zero-order valence-corrected chi connectivity index (χ0v) is 13.1. The van der Waals surface area contributed by atoms with Crippen LogP contribution < -0.4 is 5.06 Å². The Labute approximate surface area is 131 Å². The fraction of sp³-hybridized carbons (Fsp3) is 0.316. The van der Waals surface area contributed by atoms with Crippen molar-refractivity contribution in [2.75, 3.05) is 5.06 Å². The second-order valence-corrected chi connectivity index (χ2v) is 6.28. The van der Waals surface area contributed by atoms with Gasteiger partial charge in [0, 0.05) is 5.71 Å². The summed E-state index contributed by atoms with van der Waals surface area (Å²) in [6.45, 7) is 3.96. The maximum Gasteiger partial charge on any atom is 0.0871 e. The third kappa shape index (κ3) is 2.77. The van der Waals surface area contributed by atoms with Crippen LogP contribution in [0.4, 0.5) is 5.69 Å². The molecule has 1 radical (unpaired) electrons. The van der Waals surface area contributed by atoms with Crippen LogP contribution in [0.15, 0.2) is 65.7 Å². The summed E-state index contributed by atoms with van der Waals surface area (Å²) >= 11 is 0. The van der Waals surface area contributed by atoms with Gasteiger partial charge in [0.05, 0.1) is 17.3 Å². The van der Waals surface area contributed by atoms with Crippen molar-refractivity contribution in [3.63, 3.8) is 0 Å². The van der Waals surface area contributed by atoms with Crippen molar-refractivity contribution in [2.45, 2.75) is 38.3 Å². The molecule has 0 aromatic heterocycles. The first-order chi connectivity index (χ1) is 10.6. The molecule has 0 saturated carbocycles. The van der Waals surface area contributed by atoms with Crippen LogP contribution in [-0.2, 0) is 5.21 Å². The maximum absolute atomic E-state index is 12.7. The molecule has 0 N–H and O–H groups in total. The van der Waals surface area contributed by atoms with Crippen molar-refractivity contribution in [1.82, 2.24) is 0 Å². The first-order valence-corrected chi connectivity index (χ1v) is 7.73. The lowest BCUT2D eigenvalue weighted by atomic mass is 9.92. The highest BCUT2D eigenvalue weighted by Gasteiger charge is 2.39. The van der Waals surface area contributed by atoms with Gasteiger partial charge in [-0.3, -0.25) is 4.99 Å². The van der Waals surface area contributed by atoms with Gasteiger partial charge in [0.15, 0.2) is 0 Å². The molecule has 113 valence electrons. The summed E-state index contributed by atoms with van der Waals surface area (Å²) in [6, 6.07) is 19.7. The third-order valence-corrected chi connectivity index (χ3v) is 4.40. The number of benzene rings is 2. The Morgan fingerprint density at radius 2 is 1.59 bits per heavy atom. The Balaban J connectivity index is 1.83. The maximum atomic E-state index is 12.7. The van der Waals surface area contributed by atoms with Crippen LogP contribution in [-0.4, -0.2) is 17.3 Å². The Morgan fingerprint density at radius 1 is 1.00 bits per heavy atom. The van der Waals surface area contributed by atoms with Crippen LogP contribution in [0.1, 0.15) is 32.3 Å². The number of hydrogen-bond acceptors (Lipinski definition) is 2. The van der Waals surface area contributed by atoms with Crippen molar-refractivity contribution in [1.29, 1.82) is 0 Å². The van der Waals surface area contributed by atoms with E-state index in [4.69, 9.17) is 4.99 Å². The highest BCUT2D eigenvalue weighted by atomic mass is 16.5. The molecule has 0 fully saturated rings. The van der Waals surface area contributed by atoms with Crippen molar-refractivity contribution < 1.29 is 5.21 Å². The fourth-order valence-electron chi connectivity index (χ4n) is 2.98. The zero-order valence-electron chi connectivity index (χ0n) is 13.1. The molecule has 1 aliphatic rings. The molecule has 1 unspecified atom stereocenters. The van der Waals surface area contributed by atoms with E-state index in [2.05, 4.69) is 12.1 Å². The largest absolute Gasteiger partial charge is 0.283 e. The van der Waals surface area contributed by atoms with Crippen LogP contribution in [0.3, 0.4) is 0 Å². The molecule has 0 spiro atoms. The van der Waals surface area contributed by atoms with E-state index < -0.39 is 5.54 Å². The molecule has 0 aliphatic carbocycles. The number of para-hydroxylation sites is 1. The van der Waals surface area contributed by atoms with E-state index in [0.717, 1.165) is 29.2 Å². The van der Waals surface area contributed by atoms with E-state index in [9.17, 15) is 5.21 Å². The molecular weight excluding hydrogens is 272 g/mol. The molecule has 0 bridgehead atoms. The minimum atomic E-state index is -0.558. The molecule has 3 rings (SSSR count). The normalized spacial score (nSPS) is 18.1. The van der Waals surface area contributed by atoms with Gasteiger partial charge in [0.2, 0.25) is 0 Å². The molecule has 2 aromatic rings. The van der Waals surface area contributed by atoms with Gasteiger partial charge in [-0.2, -0.15) is 0 Å². The molecule has 1 heterocycles. The first kappa shape index (κ1) is 14.8. The molecule has 0 amide bonds. The molecule has 0 saturated heterocycles. The predicted octanol–water partition coefficient (Wildman–Crippen LogP) is 4.27. The summed E-state index contributed by atoms with van der Waals surface area (Å²) in [5.41, 5.74) is 2.41. The highest BCUT2D eigenvalue weighted by molar-refractivity contribution is 6.01. The van der Waals surface area contributed by atoms with Crippen molar-refractivity contribution in [3.8, 4) is 0 Å². The lowest BCUT2D eigenvalue weighted by Crippen LogP contribution is -2.49. The van der Waals surface area contributed by atoms with Crippen LogP contribution in [0.25, 0.3) is 0 Å². The Kier molecular flexibility index (Phi) is 3.99. The minimum Gasteiger partial charge on any atom is -0.283 e. The summed E-state index contributed by atoms with van der Waals surface area (Å²) in [5.74, 6) is 0. The molecular formula is C19H21N2O. The number of hydroxylamine groups is 1. The van der Waals surface area contributed by atoms with Crippen molar-refractivity contribution >= 4 is 11.4 Å². The van der Waals surface area contributed by atoms with E-state index in [0.29, 0.717) is 5.69 Å². The molecule has 3 nitrogen and oxygen atoms in total. The fourth-order valence-corrected chi connectivity index (χ4v) is 2.98. The Hall–Kier alpha value is -2.13. The quantitative estimate of drug-likeness (QED) is 0.775. The number of anilines is 1. The lowest BCUT2D eigenvalue weighted by Gasteiger charge is -2.36. The zero-order chi connectivity index (χ0) is 15.6. The summed E-state index contributed by atoms with van der Waals surface area (Å²) in [7, 11) is 0. The average molecular weight is 293 g/mol. The van der Waals surface area contributed by atoms with Crippen molar-refractivity contribution in [2.24, 2.45) is 4.99 Å². The molecule has 1 aliphatic heterocycles. The van der Waals surface area contributed by atoms with Gasteiger partial charge < -0.3 is 0 Å². The predicted molar refractivity (Wildman–Crippen MR) is 89.7 cm³/mol. The van der Waals surface area contributed by atoms with Crippen LogP contribution in [0.5, 0.6) is 0 Å². The summed E-state index contributed by atoms with van der Waals surface area (Å²) in [6.07, 6.45) is 1.85. The van der Waals surface area contributed by atoms with E-state index >= 15 is 0 Å². The van der Waals surface area contributed by atoms with E-state index in [1.54, 1.807) is 0 Å². The lowest BCUT2D eigenvalue weighted by molar-refractivity contribution is 0.0818. The monoisotopic (exact) mass is 293 g/mol. The number of nitrogens with zero attached hydrogens (tertiary/aromatic N) is 2. The van der Waals surface area contributed by atoms with Gasteiger partial charge in [-0.05, 0) is 44.4 Å². The smallest absolute Gasteiger partial charge is 0.0871 e. The van der Waals surface area contributed by atoms with Crippen molar-refractivity contribution in [3.05, 3.63) is 66.2 Å². The SMILES string of the molecule is CC(C)(C1CCC(c2ccccc2)=N1)N([O])c1ccccc1. The Morgan fingerprint density at radius 3 is 2.23 bits per heavy atom. The highest BCUT2D eigenvalue weighted by Crippen LogP contribution is 2.33. The van der Waals surface area contributed by atoms with Crippen LogP contribution in [0, 0.1) is 0 Å². The van der Waals surface area contributed by atoms with Gasteiger partial charge in [0.1, 0.15) is 0 Å². The third-order valence-electron chi connectivity index (χ3n) is 4.40. The van der Waals surface area contributed by atoms with Gasteiger partial charge in [0.25, 0.3) is 0 Å².